The second-order valence-corrected chi connectivity index (χ2v) is 10.4. The van der Waals surface area contributed by atoms with Crippen molar-refractivity contribution in [3.63, 3.8) is 0 Å². The molecule has 4 nitrogen and oxygen atoms in total. The summed E-state index contributed by atoms with van der Waals surface area (Å²) in [5, 5.41) is 10.5. The lowest BCUT2D eigenvalue weighted by molar-refractivity contribution is -0.0236. The minimum absolute atomic E-state index is 0.141. The van der Waals surface area contributed by atoms with Crippen LogP contribution in [0.25, 0.3) is 18.2 Å². The van der Waals surface area contributed by atoms with Crippen LogP contribution in [-0.2, 0) is 22.3 Å². The van der Waals surface area contributed by atoms with E-state index in [1.54, 1.807) is 24.3 Å². The molecule has 3 aromatic carbocycles. The van der Waals surface area contributed by atoms with Crippen molar-refractivity contribution in [3.8, 4) is 0 Å². The summed E-state index contributed by atoms with van der Waals surface area (Å²) in [6.07, 6.45) is 6.34. The molecule has 0 aliphatic heterocycles. The van der Waals surface area contributed by atoms with Crippen molar-refractivity contribution in [2.45, 2.75) is 51.7 Å². The van der Waals surface area contributed by atoms with E-state index >= 15 is 0 Å². The predicted octanol–water partition coefficient (Wildman–Crippen LogP) is 8.05. The van der Waals surface area contributed by atoms with Gasteiger partial charge in [-0.2, -0.15) is 0 Å². The van der Waals surface area contributed by atoms with Crippen LogP contribution < -0.4 is 0 Å². The topological polar surface area (TPSA) is 55.8 Å². The highest BCUT2D eigenvalue weighted by Crippen LogP contribution is 2.23. The van der Waals surface area contributed by atoms with Crippen LogP contribution in [0.1, 0.15) is 65.9 Å². The Morgan fingerprint density at radius 3 is 1.57 bits per heavy atom. The van der Waals surface area contributed by atoms with Gasteiger partial charge in [-0.25, -0.2) is 4.79 Å². The van der Waals surface area contributed by atoms with E-state index in [0.29, 0.717) is 18.4 Å². The number of aliphatic hydroxyl groups is 1. The molecule has 0 saturated carbocycles. The molecule has 3 aromatic rings. The molecule has 0 aliphatic carbocycles. The maximum Gasteiger partial charge on any atom is 0.338 e. The van der Waals surface area contributed by atoms with E-state index < -0.39 is 11.2 Å². The van der Waals surface area contributed by atoms with Gasteiger partial charge in [-0.1, -0.05) is 86.0 Å². The molecule has 0 heterocycles. The number of carbonyl (C=O) groups excluding carboxylic acids is 1. The quantitative estimate of drug-likeness (QED) is 0.216. The zero-order valence-electron chi connectivity index (χ0n) is 22.2. The molecule has 4 heteroatoms. The SMILES string of the molecule is C=Cc1ccc(CC(C)(C)OC(O)=Cc2ccc(CC(C)(C)OC(=O)c3ccc(C=C)cc3)cc2)cc1. The first-order valence-corrected chi connectivity index (χ1v) is 12.3. The summed E-state index contributed by atoms with van der Waals surface area (Å²) in [5.74, 6) is -0.501. The second-order valence-electron chi connectivity index (χ2n) is 10.4. The number of esters is 1. The third-order valence-corrected chi connectivity index (χ3v) is 5.88. The number of hydrogen-bond donors (Lipinski definition) is 1. The van der Waals surface area contributed by atoms with Gasteiger partial charge in [0.1, 0.15) is 11.2 Å². The third-order valence-electron chi connectivity index (χ3n) is 5.88. The Hall–Kier alpha value is -4.05. The maximum atomic E-state index is 12.6. The van der Waals surface area contributed by atoms with Crippen molar-refractivity contribution < 1.29 is 19.4 Å². The van der Waals surface area contributed by atoms with Gasteiger partial charge >= 0.3 is 5.97 Å². The summed E-state index contributed by atoms with van der Waals surface area (Å²) >= 11 is 0. The van der Waals surface area contributed by atoms with E-state index in [0.717, 1.165) is 27.8 Å². The molecule has 0 bridgehead atoms. The Morgan fingerprint density at radius 1 is 0.703 bits per heavy atom. The first kappa shape index (κ1) is 27.5. The van der Waals surface area contributed by atoms with E-state index in [1.165, 1.54) is 0 Å². The number of ether oxygens (including phenoxy) is 2. The number of benzene rings is 3. The molecular formula is C33H36O4. The van der Waals surface area contributed by atoms with Gasteiger partial charge in [0, 0.05) is 18.9 Å². The summed E-state index contributed by atoms with van der Waals surface area (Å²) in [6, 6.07) is 23.0. The van der Waals surface area contributed by atoms with Crippen LogP contribution in [0.5, 0.6) is 0 Å². The van der Waals surface area contributed by atoms with E-state index in [2.05, 4.69) is 13.2 Å². The lowest BCUT2D eigenvalue weighted by Crippen LogP contribution is -2.30. The van der Waals surface area contributed by atoms with Crippen LogP contribution in [0, 0.1) is 0 Å². The highest BCUT2D eigenvalue weighted by Gasteiger charge is 2.25. The second kappa shape index (κ2) is 11.8. The van der Waals surface area contributed by atoms with Crippen molar-refractivity contribution >= 4 is 24.2 Å². The molecule has 0 spiro atoms. The van der Waals surface area contributed by atoms with Crippen LogP contribution in [0.3, 0.4) is 0 Å². The van der Waals surface area contributed by atoms with Gasteiger partial charge in [-0.05, 0) is 67.6 Å². The highest BCUT2D eigenvalue weighted by atomic mass is 16.6. The molecule has 0 saturated heterocycles. The van der Waals surface area contributed by atoms with E-state index in [4.69, 9.17) is 9.47 Å². The molecule has 0 unspecified atom stereocenters. The van der Waals surface area contributed by atoms with Crippen molar-refractivity contribution in [1.29, 1.82) is 0 Å². The van der Waals surface area contributed by atoms with E-state index in [1.807, 2.05) is 94.4 Å². The molecule has 1 N–H and O–H groups in total. The Morgan fingerprint density at radius 2 is 1.11 bits per heavy atom. The molecule has 37 heavy (non-hydrogen) atoms. The Bertz CT molecular complexity index is 1250. The Labute approximate surface area is 220 Å². The Kier molecular flexibility index (Phi) is 8.77. The van der Waals surface area contributed by atoms with E-state index in [9.17, 15) is 9.90 Å². The molecular weight excluding hydrogens is 460 g/mol. The van der Waals surface area contributed by atoms with Gasteiger partial charge in [0.25, 0.3) is 5.95 Å². The number of carbonyl (C=O) groups is 1. The molecule has 0 fully saturated rings. The number of hydrogen-bond acceptors (Lipinski definition) is 4. The van der Waals surface area contributed by atoms with E-state index in [-0.39, 0.29) is 11.9 Å². The average molecular weight is 497 g/mol. The van der Waals surface area contributed by atoms with Crippen LogP contribution in [0.2, 0.25) is 0 Å². The number of rotatable bonds is 11. The average Bonchev–Trinajstić information content (AvgIpc) is 2.84. The lowest BCUT2D eigenvalue weighted by atomic mass is 9.97. The normalized spacial score (nSPS) is 12.1. The zero-order valence-corrected chi connectivity index (χ0v) is 22.2. The minimum atomic E-state index is -0.690. The molecule has 3 rings (SSSR count). The van der Waals surface area contributed by atoms with Crippen molar-refractivity contribution in [2.75, 3.05) is 0 Å². The largest absolute Gasteiger partial charge is 0.481 e. The van der Waals surface area contributed by atoms with Gasteiger partial charge in [-0.15, -0.1) is 0 Å². The van der Waals surface area contributed by atoms with Crippen LogP contribution in [0.15, 0.2) is 91.9 Å². The molecule has 0 radical (unpaired) electrons. The van der Waals surface area contributed by atoms with Gasteiger partial charge in [0.2, 0.25) is 0 Å². The maximum absolute atomic E-state index is 12.6. The van der Waals surface area contributed by atoms with Crippen LogP contribution in [-0.4, -0.2) is 22.3 Å². The zero-order chi connectivity index (χ0) is 27.1. The number of aliphatic hydroxyl groups excluding tert-OH is 1. The van der Waals surface area contributed by atoms with Crippen molar-refractivity contribution in [1.82, 2.24) is 0 Å². The van der Waals surface area contributed by atoms with Gasteiger partial charge in [0.15, 0.2) is 0 Å². The standard InChI is InChI=1S/C33H36O4/c1-7-24-9-13-27(14-10-24)22-32(3,4)36-30(34)21-26-11-15-28(16-12-26)23-33(5,6)37-31(35)29-19-17-25(8-2)18-20-29/h7-21,34H,1-2,22-23H2,3-6H3. The third kappa shape index (κ3) is 8.53. The fourth-order valence-electron chi connectivity index (χ4n) is 4.08. The van der Waals surface area contributed by atoms with Crippen molar-refractivity contribution in [2.24, 2.45) is 0 Å². The summed E-state index contributed by atoms with van der Waals surface area (Å²) < 4.78 is 11.6. The lowest BCUT2D eigenvalue weighted by Gasteiger charge is -2.26. The summed E-state index contributed by atoms with van der Waals surface area (Å²) in [7, 11) is 0. The van der Waals surface area contributed by atoms with Gasteiger partial charge in [0.05, 0.1) is 5.56 Å². The fraction of sp³-hybridized carbons (Fsp3) is 0.242. The predicted molar refractivity (Wildman–Crippen MR) is 152 cm³/mol. The van der Waals surface area contributed by atoms with Crippen LogP contribution in [0.4, 0.5) is 0 Å². The van der Waals surface area contributed by atoms with Crippen LogP contribution >= 0.6 is 0 Å². The molecule has 0 aliphatic rings. The first-order chi connectivity index (χ1) is 17.5. The highest BCUT2D eigenvalue weighted by molar-refractivity contribution is 5.90. The van der Waals surface area contributed by atoms with Gasteiger partial charge < -0.3 is 14.6 Å². The van der Waals surface area contributed by atoms with Crippen molar-refractivity contribution in [3.05, 3.63) is 125 Å². The molecule has 0 aromatic heterocycles. The van der Waals surface area contributed by atoms with Gasteiger partial charge in [-0.3, -0.25) is 0 Å². The summed E-state index contributed by atoms with van der Waals surface area (Å²) in [6.45, 7) is 15.2. The monoisotopic (exact) mass is 496 g/mol. The summed E-state index contributed by atoms with van der Waals surface area (Å²) in [4.78, 5) is 12.6. The summed E-state index contributed by atoms with van der Waals surface area (Å²) in [5.41, 5.74) is 4.18. The molecule has 0 amide bonds. The minimum Gasteiger partial charge on any atom is -0.481 e. The molecule has 0 atom stereocenters. The smallest absolute Gasteiger partial charge is 0.338 e. The Balaban J connectivity index is 1.58. The molecule has 192 valence electrons. The fourth-order valence-corrected chi connectivity index (χ4v) is 4.08. The first-order valence-electron chi connectivity index (χ1n) is 12.3.